The lowest BCUT2D eigenvalue weighted by atomic mass is 9.84. The van der Waals surface area contributed by atoms with Crippen molar-refractivity contribution >= 4 is 17.4 Å². The van der Waals surface area contributed by atoms with Gasteiger partial charge in [-0.3, -0.25) is 14.7 Å². The number of amidine groups is 1. The Kier molecular flexibility index (Phi) is 7.63. The molecule has 172 valence electrons. The minimum atomic E-state index is -0.815. The maximum absolute atomic E-state index is 13.3. The van der Waals surface area contributed by atoms with Gasteiger partial charge in [-0.25, -0.2) is 14.4 Å². The normalized spacial score (nSPS) is 16.8. The Morgan fingerprint density at radius 2 is 2.03 bits per heavy atom. The number of aliphatic imine (C=N–C) groups is 1. The fourth-order valence-corrected chi connectivity index (χ4v) is 3.55. The number of primary amides is 1. The summed E-state index contributed by atoms with van der Waals surface area (Å²) in [5, 5.41) is 12.5. The molecule has 3 heterocycles. The molecule has 33 heavy (non-hydrogen) atoms. The first-order valence-corrected chi connectivity index (χ1v) is 10.2. The van der Waals surface area contributed by atoms with Gasteiger partial charge in [0.1, 0.15) is 11.7 Å². The largest absolute Gasteiger partial charge is 0.384 e. The number of pyridine rings is 2. The number of nitrogens with zero attached hydrogens (tertiary/aromatic N) is 5. The first-order chi connectivity index (χ1) is 15.8. The second-order valence-corrected chi connectivity index (χ2v) is 7.76. The van der Waals surface area contributed by atoms with E-state index in [2.05, 4.69) is 31.2 Å². The van der Waals surface area contributed by atoms with Gasteiger partial charge in [-0.05, 0) is 31.0 Å². The second-order valence-electron chi connectivity index (χ2n) is 7.76. The number of hydrogen-bond donors (Lipinski definition) is 3. The lowest BCUT2D eigenvalue weighted by molar-refractivity contribution is -0.114. The van der Waals surface area contributed by atoms with Crippen molar-refractivity contribution in [2.45, 2.75) is 31.3 Å². The van der Waals surface area contributed by atoms with E-state index in [0.29, 0.717) is 32.5 Å². The molecule has 0 spiro atoms. The van der Waals surface area contributed by atoms with Crippen LogP contribution in [0.25, 0.3) is 0 Å². The van der Waals surface area contributed by atoms with E-state index in [1.807, 2.05) is 0 Å². The summed E-state index contributed by atoms with van der Waals surface area (Å²) in [6.45, 7) is 1.88. The summed E-state index contributed by atoms with van der Waals surface area (Å²) in [7, 11) is 0. The Morgan fingerprint density at radius 3 is 2.64 bits per heavy atom. The molecule has 1 fully saturated rings. The summed E-state index contributed by atoms with van der Waals surface area (Å²) >= 11 is 0. The molecule has 1 aliphatic rings. The van der Waals surface area contributed by atoms with E-state index in [4.69, 9.17) is 11.5 Å². The van der Waals surface area contributed by atoms with Crippen LogP contribution in [0.4, 0.5) is 14.5 Å². The first kappa shape index (κ1) is 23.7. The van der Waals surface area contributed by atoms with Gasteiger partial charge in [0.15, 0.2) is 0 Å². The average Bonchev–Trinajstić information content (AvgIpc) is 2.77. The summed E-state index contributed by atoms with van der Waals surface area (Å²) in [6, 6.07) is 7.71. The van der Waals surface area contributed by atoms with Gasteiger partial charge in [-0.15, -0.1) is 0 Å². The number of likely N-dealkylation sites (tertiary alicyclic amines) is 1. The number of nitrogens with two attached hydrogens (primary N) is 2. The van der Waals surface area contributed by atoms with Crippen LogP contribution in [0.2, 0.25) is 0 Å². The summed E-state index contributed by atoms with van der Waals surface area (Å²) < 4.78 is 26.4. The fraction of sp³-hybridized carbons (Fsp3) is 0.318. The Hall–Kier alpha value is -3.91. The maximum atomic E-state index is 13.3. The van der Waals surface area contributed by atoms with Gasteiger partial charge in [0, 0.05) is 38.1 Å². The predicted octanol–water partition coefficient (Wildman–Crippen LogP) is 1.65. The standard InChI is InChI=1S/C22H24F2N8O/c23-15-1-2-17(29-12-15)14-32-9-5-22(4-7-25,6-10-32)30-13-18(21(27)33)20(26)31-16-3-8-28-19(24)11-16/h1-3,8,11-13,30H,4-6,9-10,14H2,(H2,27,33)(H2,26,28,31)/b18-13+. The molecule has 1 aliphatic heterocycles. The molecule has 0 atom stereocenters. The van der Waals surface area contributed by atoms with Crippen molar-refractivity contribution < 1.29 is 13.6 Å². The summed E-state index contributed by atoms with van der Waals surface area (Å²) in [4.78, 5) is 25.7. The number of aromatic nitrogens is 2. The molecule has 1 saturated heterocycles. The van der Waals surface area contributed by atoms with Crippen molar-refractivity contribution in [3.63, 3.8) is 0 Å². The number of rotatable bonds is 8. The molecule has 1 amide bonds. The minimum Gasteiger partial charge on any atom is -0.384 e. The molecule has 2 aromatic rings. The van der Waals surface area contributed by atoms with Crippen molar-refractivity contribution in [2.75, 3.05) is 13.1 Å². The monoisotopic (exact) mass is 454 g/mol. The van der Waals surface area contributed by atoms with Crippen LogP contribution in [0.5, 0.6) is 0 Å². The van der Waals surface area contributed by atoms with Gasteiger partial charge >= 0.3 is 0 Å². The van der Waals surface area contributed by atoms with E-state index in [1.165, 1.54) is 30.7 Å². The quantitative estimate of drug-likeness (QED) is 0.238. The number of nitrogens with one attached hydrogen (secondary N) is 1. The smallest absolute Gasteiger partial charge is 0.253 e. The molecule has 2 aromatic heterocycles. The van der Waals surface area contributed by atoms with Gasteiger partial charge in [-0.2, -0.15) is 9.65 Å². The zero-order valence-electron chi connectivity index (χ0n) is 17.8. The van der Waals surface area contributed by atoms with Crippen molar-refractivity contribution in [3.8, 4) is 6.07 Å². The van der Waals surface area contributed by atoms with Crippen LogP contribution in [0.1, 0.15) is 25.0 Å². The Bertz CT molecular complexity index is 1090. The van der Waals surface area contributed by atoms with E-state index in [9.17, 15) is 18.8 Å². The predicted molar refractivity (Wildman–Crippen MR) is 118 cm³/mol. The zero-order chi connectivity index (χ0) is 23.8. The Morgan fingerprint density at radius 1 is 1.27 bits per heavy atom. The van der Waals surface area contributed by atoms with Gasteiger partial charge in [0.2, 0.25) is 5.95 Å². The number of carbonyl (C=O) groups excluding carboxylic acids is 1. The zero-order valence-corrected chi connectivity index (χ0v) is 17.8. The van der Waals surface area contributed by atoms with Crippen LogP contribution in [0.3, 0.4) is 0 Å². The molecule has 0 bridgehead atoms. The Labute approximate surface area is 189 Å². The number of amides is 1. The molecule has 0 unspecified atom stereocenters. The van der Waals surface area contributed by atoms with Crippen molar-refractivity contribution in [3.05, 3.63) is 65.9 Å². The van der Waals surface area contributed by atoms with E-state index in [-0.39, 0.29) is 29.3 Å². The average molecular weight is 454 g/mol. The Balaban J connectivity index is 1.71. The molecule has 9 nitrogen and oxygen atoms in total. The number of halogens is 2. The highest BCUT2D eigenvalue weighted by Crippen LogP contribution is 2.27. The number of piperidine rings is 1. The van der Waals surface area contributed by atoms with Crippen molar-refractivity contribution in [1.82, 2.24) is 20.2 Å². The van der Waals surface area contributed by atoms with E-state index < -0.39 is 17.4 Å². The van der Waals surface area contributed by atoms with Gasteiger partial charge < -0.3 is 16.8 Å². The SMILES string of the molecule is N#CCC1(N/C=C(/C(N)=O)C(N)=Nc2ccnc(F)c2)CCN(Cc2ccc(F)cn2)CC1. The summed E-state index contributed by atoms with van der Waals surface area (Å²) in [5.74, 6) is -2.12. The minimum absolute atomic E-state index is 0.0810. The number of carbonyl (C=O) groups is 1. The highest BCUT2D eigenvalue weighted by Gasteiger charge is 2.34. The lowest BCUT2D eigenvalue weighted by Gasteiger charge is -2.41. The first-order valence-electron chi connectivity index (χ1n) is 10.2. The molecule has 3 rings (SSSR count). The lowest BCUT2D eigenvalue weighted by Crippen LogP contribution is -2.51. The molecular formula is C22H24F2N8O. The number of nitriles is 1. The molecule has 0 saturated carbocycles. The summed E-state index contributed by atoms with van der Waals surface area (Å²) in [5.41, 5.74) is 11.7. The molecule has 0 aromatic carbocycles. The topological polar surface area (TPSA) is 146 Å². The van der Waals surface area contributed by atoms with E-state index in [0.717, 1.165) is 11.8 Å². The van der Waals surface area contributed by atoms with E-state index in [1.54, 1.807) is 6.07 Å². The molecule has 11 heteroatoms. The third-order valence-corrected chi connectivity index (χ3v) is 5.43. The maximum Gasteiger partial charge on any atom is 0.253 e. The van der Waals surface area contributed by atoms with Crippen LogP contribution in [0, 0.1) is 23.1 Å². The van der Waals surface area contributed by atoms with Gasteiger partial charge in [-0.1, -0.05) is 0 Å². The van der Waals surface area contributed by atoms with Crippen LogP contribution in [-0.4, -0.2) is 45.2 Å². The van der Waals surface area contributed by atoms with Crippen molar-refractivity contribution in [1.29, 1.82) is 5.26 Å². The molecule has 0 radical (unpaired) electrons. The highest BCUT2D eigenvalue weighted by atomic mass is 19.1. The van der Waals surface area contributed by atoms with Crippen molar-refractivity contribution in [2.24, 2.45) is 16.5 Å². The second kappa shape index (κ2) is 10.6. The van der Waals surface area contributed by atoms with Crippen LogP contribution in [0.15, 0.2) is 53.4 Å². The molecular weight excluding hydrogens is 430 g/mol. The third-order valence-electron chi connectivity index (χ3n) is 5.43. The molecule has 0 aliphatic carbocycles. The van der Waals surface area contributed by atoms with E-state index >= 15 is 0 Å². The van der Waals surface area contributed by atoms with Gasteiger partial charge in [0.05, 0.1) is 41.2 Å². The van der Waals surface area contributed by atoms with Crippen LogP contribution >= 0.6 is 0 Å². The highest BCUT2D eigenvalue weighted by molar-refractivity contribution is 6.20. The number of hydrogen-bond acceptors (Lipinski definition) is 7. The fourth-order valence-electron chi connectivity index (χ4n) is 3.55. The third kappa shape index (κ3) is 6.54. The van der Waals surface area contributed by atoms with Gasteiger partial charge in [0.25, 0.3) is 5.91 Å². The van der Waals surface area contributed by atoms with Crippen LogP contribution in [-0.2, 0) is 11.3 Å². The molecule has 5 N–H and O–H groups in total. The summed E-state index contributed by atoms with van der Waals surface area (Å²) in [6.07, 6.45) is 5.19. The van der Waals surface area contributed by atoms with Crippen LogP contribution < -0.4 is 16.8 Å².